The van der Waals surface area contributed by atoms with Gasteiger partial charge in [0.25, 0.3) is 5.91 Å². The third-order valence-electron chi connectivity index (χ3n) is 7.90. The molecular formula is C23H33N5O3. The molecule has 2 bridgehead atoms. The molecule has 1 aromatic rings. The highest BCUT2D eigenvalue weighted by atomic mass is 16.5. The van der Waals surface area contributed by atoms with Crippen molar-refractivity contribution in [3.05, 3.63) is 17.5 Å². The standard InChI is InChI=1S/C23H33N5O3/c1-15-12-18(25-22(24-15)26-8-10-31-11-9-26)21(30)27-14-17-13-23(3)19(27)6-4-5-7-20(23)28(17)16(2)29/h12,17,19-20H,4-11,13-14H2,1-3H3/t17-,19+,20-,23+/m0/s1. The van der Waals surface area contributed by atoms with E-state index in [0.29, 0.717) is 31.4 Å². The van der Waals surface area contributed by atoms with Crippen molar-refractivity contribution in [1.82, 2.24) is 19.8 Å². The molecule has 168 valence electrons. The number of aromatic nitrogens is 2. The smallest absolute Gasteiger partial charge is 0.273 e. The molecule has 0 aromatic carbocycles. The Balaban J connectivity index is 1.48. The monoisotopic (exact) mass is 427 g/mol. The Morgan fingerprint density at radius 3 is 2.55 bits per heavy atom. The molecule has 3 aliphatic heterocycles. The van der Waals surface area contributed by atoms with E-state index in [1.165, 1.54) is 0 Å². The maximum atomic E-state index is 13.8. The second-order valence-electron chi connectivity index (χ2n) is 9.86. The van der Waals surface area contributed by atoms with Crippen molar-refractivity contribution in [2.45, 2.75) is 71.0 Å². The van der Waals surface area contributed by atoms with Crippen molar-refractivity contribution in [2.75, 3.05) is 37.7 Å². The number of hydrogen-bond donors (Lipinski definition) is 0. The second-order valence-corrected chi connectivity index (χ2v) is 9.86. The number of morpholine rings is 1. The summed E-state index contributed by atoms with van der Waals surface area (Å²) in [5.74, 6) is 0.732. The first-order chi connectivity index (χ1) is 14.9. The van der Waals surface area contributed by atoms with Crippen LogP contribution in [0.3, 0.4) is 0 Å². The zero-order valence-electron chi connectivity index (χ0n) is 18.8. The van der Waals surface area contributed by atoms with Gasteiger partial charge >= 0.3 is 0 Å². The lowest BCUT2D eigenvalue weighted by Gasteiger charge is -2.46. The van der Waals surface area contributed by atoms with E-state index in [1.807, 2.05) is 17.9 Å². The molecular weight excluding hydrogens is 394 g/mol. The second kappa shape index (κ2) is 7.73. The first-order valence-corrected chi connectivity index (χ1v) is 11.7. The fourth-order valence-electron chi connectivity index (χ4n) is 6.58. The topological polar surface area (TPSA) is 78.9 Å². The van der Waals surface area contributed by atoms with Crippen LogP contribution in [0.1, 0.15) is 62.1 Å². The molecule has 0 radical (unpaired) electrons. The Labute approximate surface area is 183 Å². The molecule has 8 heteroatoms. The van der Waals surface area contributed by atoms with Crippen LogP contribution in [0.5, 0.6) is 0 Å². The van der Waals surface area contributed by atoms with Crippen LogP contribution in [0.2, 0.25) is 0 Å². The van der Waals surface area contributed by atoms with Gasteiger partial charge in [0, 0.05) is 49.8 Å². The molecule has 0 spiro atoms. The third kappa shape index (κ3) is 3.39. The zero-order valence-corrected chi connectivity index (χ0v) is 18.8. The molecule has 3 saturated heterocycles. The van der Waals surface area contributed by atoms with Crippen molar-refractivity contribution in [3.8, 4) is 0 Å². The maximum absolute atomic E-state index is 13.8. The van der Waals surface area contributed by atoms with Crippen LogP contribution >= 0.6 is 0 Å². The highest BCUT2D eigenvalue weighted by molar-refractivity contribution is 5.93. The average Bonchev–Trinajstić information content (AvgIpc) is 2.87. The van der Waals surface area contributed by atoms with E-state index in [2.05, 4.69) is 21.7 Å². The molecule has 5 rings (SSSR count). The highest BCUT2D eigenvalue weighted by Crippen LogP contribution is 2.53. The molecule has 4 atom stereocenters. The Kier molecular flexibility index (Phi) is 5.15. The van der Waals surface area contributed by atoms with Crippen molar-refractivity contribution in [2.24, 2.45) is 5.41 Å². The van der Waals surface area contributed by atoms with Crippen molar-refractivity contribution < 1.29 is 14.3 Å². The summed E-state index contributed by atoms with van der Waals surface area (Å²) in [5, 5.41) is 0. The van der Waals surface area contributed by atoms with E-state index in [-0.39, 0.29) is 35.4 Å². The maximum Gasteiger partial charge on any atom is 0.273 e. The molecule has 1 aromatic heterocycles. The Morgan fingerprint density at radius 1 is 1.13 bits per heavy atom. The summed E-state index contributed by atoms with van der Waals surface area (Å²) in [6.07, 6.45) is 5.24. The van der Waals surface area contributed by atoms with Gasteiger partial charge in [0.15, 0.2) is 0 Å². The average molecular weight is 428 g/mol. The molecule has 0 unspecified atom stereocenters. The molecule has 4 heterocycles. The van der Waals surface area contributed by atoms with Gasteiger partial charge in [-0.05, 0) is 32.3 Å². The first kappa shape index (κ1) is 20.7. The van der Waals surface area contributed by atoms with Crippen LogP contribution < -0.4 is 4.90 Å². The van der Waals surface area contributed by atoms with E-state index in [9.17, 15) is 9.59 Å². The molecule has 1 aliphatic carbocycles. The Bertz CT molecular complexity index is 886. The fourth-order valence-corrected chi connectivity index (χ4v) is 6.58. The third-order valence-corrected chi connectivity index (χ3v) is 7.90. The minimum absolute atomic E-state index is 0.0213. The quantitative estimate of drug-likeness (QED) is 0.719. The van der Waals surface area contributed by atoms with E-state index in [1.54, 1.807) is 6.92 Å². The van der Waals surface area contributed by atoms with Crippen LogP contribution in [0.15, 0.2) is 6.07 Å². The predicted molar refractivity (Wildman–Crippen MR) is 116 cm³/mol. The van der Waals surface area contributed by atoms with Gasteiger partial charge < -0.3 is 19.4 Å². The Hall–Kier alpha value is -2.22. The van der Waals surface area contributed by atoms with E-state index < -0.39 is 0 Å². The predicted octanol–water partition coefficient (Wildman–Crippen LogP) is 2.02. The number of aryl methyl sites for hydroxylation is 1. The molecule has 4 aliphatic rings. The molecule has 2 amide bonds. The Morgan fingerprint density at radius 2 is 1.84 bits per heavy atom. The normalized spacial score (nSPS) is 32.7. The van der Waals surface area contributed by atoms with Crippen LogP contribution in [0, 0.1) is 12.3 Å². The van der Waals surface area contributed by atoms with E-state index >= 15 is 0 Å². The number of hydrogen-bond acceptors (Lipinski definition) is 6. The van der Waals surface area contributed by atoms with Gasteiger partial charge in [-0.25, -0.2) is 9.97 Å². The number of likely N-dealkylation sites (tertiary alicyclic amines) is 2. The van der Waals surface area contributed by atoms with Crippen LogP contribution in [0.4, 0.5) is 5.95 Å². The van der Waals surface area contributed by atoms with Gasteiger partial charge in [-0.15, -0.1) is 0 Å². The van der Waals surface area contributed by atoms with Gasteiger partial charge in [0.1, 0.15) is 5.69 Å². The fraction of sp³-hybridized carbons (Fsp3) is 0.739. The number of carbonyl (C=O) groups excluding carboxylic acids is 2. The molecule has 8 nitrogen and oxygen atoms in total. The summed E-state index contributed by atoms with van der Waals surface area (Å²) in [5.41, 5.74) is 1.22. The van der Waals surface area contributed by atoms with E-state index in [4.69, 9.17) is 9.72 Å². The van der Waals surface area contributed by atoms with Gasteiger partial charge in [0.2, 0.25) is 11.9 Å². The highest BCUT2D eigenvalue weighted by Gasteiger charge is 2.60. The van der Waals surface area contributed by atoms with Crippen molar-refractivity contribution in [3.63, 3.8) is 0 Å². The number of carbonyl (C=O) groups is 2. The van der Waals surface area contributed by atoms with E-state index in [0.717, 1.165) is 50.9 Å². The van der Waals surface area contributed by atoms with Crippen LogP contribution in [-0.2, 0) is 9.53 Å². The number of piperidine rings is 1. The SMILES string of the molecule is CC(=O)N1[C@@H]2CN(C(=O)c3cc(C)nc(N4CCOCC4)n3)[C@@H]3CCCC[C@H]1[C@]3(C)C2. The number of anilines is 1. The van der Waals surface area contributed by atoms with Crippen molar-refractivity contribution in [1.29, 1.82) is 0 Å². The van der Waals surface area contributed by atoms with Gasteiger partial charge in [-0.2, -0.15) is 0 Å². The van der Waals surface area contributed by atoms with Gasteiger partial charge in [-0.3, -0.25) is 9.59 Å². The minimum atomic E-state index is -0.0458. The largest absolute Gasteiger partial charge is 0.378 e. The zero-order chi connectivity index (χ0) is 21.8. The summed E-state index contributed by atoms with van der Waals surface area (Å²) < 4.78 is 5.45. The molecule has 1 saturated carbocycles. The lowest BCUT2D eigenvalue weighted by molar-refractivity contribution is -0.132. The van der Waals surface area contributed by atoms with Crippen LogP contribution in [-0.4, -0.2) is 82.6 Å². The summed E-state index contributed by atoms with van der Waals surface area (Å²) in [6, 6.07) is 2.29. The summed E-state index contributed by atoms with van der Waals surface area (Å²) in [4.78, 5) is 41.9. The lowest BCUT2D eigenvalue weighted by atomic mass is 9.71. The molecule has 0 N–H and O–H groups in total. The number of fused-ring (bicyclic) bond motifs is 1. The minimum Gasteiger partial charge on any atom is -0.378 e. The number of nitrogens with zero attached hydrogens (tertiary/aromatic N) is 5. The van der Waals surface area contributed by atoms with Gasteiger partial charge in [-0.1, -0.05) is 19.8 Å². The number of amides is 2. The van der Waals surface area contributed by atoms with Gasteiger partial charge in [0.05, 0.1) is 19.3 Å². The molecule has 31 heavy (non-hydrogen) atoms. The first-order valence-electron chi connectivity index (χ1n) is 11.7. The summed E-state index contributed by atoms with van der Waals surface area (Å²) >= 11 is 0. The number of rotatable bonds is 2. The summed E-state index contributed by atoms with van der Waals surface area (Å²) in [6.45, 7) is 9.27. The van der Waals surface area contributed by atoms with Crippen molar-refractivity contribution >= 4 is 17.8 Å². The lowest BCUT2D eigenvalue weighted by Crippen LogP contribution is -2.56. The number of ether oxygens (including phenoxy) is 1. The summed E-state index contributed by atoms with van der Waals surface area (Å²) in [7, 11) is 0. The van der Waals surface area contributed by atoms with Crippen LogP contribution in [0.25, 0.3) is 0 Å². The molecule has 4 fully saturated rings.